The molecule has 2 atom stereocenters. The Morgan fingerprint density at radius 2 is 2.31 bits per heavy atom. The van der Waals surface area contributed by atoms with Crippen molar-refractivity contribution in [2.24, 2.45) is 0 Å². The summed E-state index contributed by atoms with van der Waals surface area (Å²) in [4.78, 5) is 17.9. The lowest BCUT2D eigenvalue weighted by molar-refractivity contribution is 0.541. The molecule has 1 aromatic rings. The second-order valence-corrected chi connectivity index (χ2v) is 5.17. The monoisotopic (exact) mass is 241 g/mol. The summed E-state index contributed by atoms with van der Waals surface area (Å²) in [6.07, 6.45) is 2.67. The van der Waals surface area contributed by atoms with Gasteiger partial charge in [-0.3, -0.25) is 4.79 Å². The van der Waals surface area contributed by atoms with Crippen molar-refractivity contribution in [3.05, 3.63) is 22.6 Å². The van der Waals surface area contributed by atoms with Crippen molar-refractivity contribution in [2.45, 2.75) is 43.6 Å². The van der Waals surface area contributed by atoms with Crippen LogP contribution >= 0.6 is 11.8 Å². The van der Waals surface area contributed by atoms with Crippen LogP contribution in [0.15, 0.2) is 22.2 Å². The first-order chi connectivity index (χ1) is 7.63. The predicted octanol–water partition coefficient (Wildman–Crippen LogP) is 1.64. The van der Waals surface area contributed by atoms with Gasteiger partial charge in [0.15, 0.2) is 5.16 Å². The van der Waals surface area contributed by atoms with E-state index >= 15 is 0 Å². The number of aromatic amines is 1. The van der Waals surface area contributed by atoms with Crippen molar-refractivity contribution in [3.63, 3.8) is 0 Å². The van der Waals surface area contributed by atoms with Gasteiger partial charge in [-0.1, -0.05) is 25.6 Å². The van der Waals surface area contributed by atoms with E-state index in [0.29, 0.717) is 16.4 Å². The minimum Gasteiger partial charge on any atom is -0.313 e. The van der Waals surface area contributed by atoms with Crippen molar-refractivity contribution in [3.8, 4) is 0 Å². The summed E-state index contributed by atoms with van der Waals surface area (Å²) in [6.45, 7) is 7.44. The molecule has 0 aromatic carbocycles. The van der Waals surface area contributed by atoms with E-state index in [-0.39, 0.29) is 5.56 Å². The zero-order chi connectivity index (χ0) is 12.0. The van der Waals surface area contributed by atoms with Crippen LogP contribution in [-0.2, 0) is 0 Å². The largest absolute Gasteiger partial charge is 0.313 e. The van der Waals surface area contributed by atoms with Gasteiger partial charge in [0.1, 0.15) is 0 Å². The van der Waals surface area contributed by atoms with Gasteiger partial charge in [0.05, 0.1) is 0 Å². The molecule has 0 aliphatic rings. The molecule has 2 N–H and O–H groups in total. The molecule has 0 radical (unpaired) electrons. The first-order valence-electron chi connectivity index (χ1n) is 5.59. The normalized spacial score (nSPS) is 14.7. The van der Waals surface area contributed by atoms with Crippen LogP contribution < -0.4 is 10.9 Å². The van der Waals surface area contributed by atoms with Crippen LogP contribution in [0.5, 0.6) is 0 Å². The van der Waals surface area contributed by atoms with E-state index in [4.69, 9.17) is 0 Å². The Morgan fingerprint density at radius 1 is 1.56 bits per heavy atom. The van der Waals surface area contributed by atoms with Crippen molar-refractivity contribution >= 4 is 11.8 Å². The zero-order valence-corrected chi connectivity index (χ0v) is 10.8. The van der Waals surface area contributed by atoms with Crippen LogP contribution in [0.2, 0.25) is 0 Å². The summed E-state index contributed by atoms with van der Waals surface area (Å²) < 4.78 is 0. The first kappa shape index (κ1) is 13.3. The molecule has 0 bridgehead atoms. The summed E-state index contributed by atoms with van der Waals surface area (Å²) >= 11 is 1.59. The third-order valence-electron chi connectivity index (χ3n) is 2.37. The minimum atomic E-state index is -0.0983. The van der Waals surface area contributed by atoms with E-state index in [2.05, 4.69) is 36.1 Å². The fourth-order valence-electron chi connectivity index (χ4n) is 1.23. The standard InChI is InChI=1S/C11H19N3OS/c1-4-6-12-8(2)9(3)16-11-13-7-5-10(15)14-11/h5,7-9,12H,4,6H2,1-3H3,(H,13,14,15). The van der Waals surface area contributed by atoms with Gasteiger partial charge in [-0.2, -0.15) is 0 Å². The SMILES string of the molecule is CCCNC(C)C(C)Sc1nccc(=O)[nH]1. The fraction of sp³-hybridized carbons (Fsp3) is 0.636. The molecule has 90 valence electrons. The number of nitrogens with zero attached hydrogens (tertiary/aromatic N) is 1. The maximum absolute atomic E-state index is 11.1. The lowest BCUT2D eigenvalue weighted by Crippen LogP contribution is -2.34. The molecule has 1 aromatic heterocycles. The van der Waals surface area contributed by atoms with Crippen LogP contribution in [0.1, 0.15) is 27.2 Å². The Labute approximate surface area is 100 Å². The molecule has 0 aliphatic carbocycles. The number of aromatic nitrogens is 2. The third kappa shape index (κ3) is 4.37. The van der Waals surface area contributed by atoms with Gasteiger partial charge in [-0.05, 0) is 19.9 Å². The zero-order valence-electron chi connectivity index (χ0n) is 9.99. The predicted molar refractivity (Wildman–Crippen MR) is 67.9 cm³/mol. The van der Waals surface area contributed by atoms with E-state index < -0.39 is 0 Å². The van der Waals surface area contributed by atoms with Gasteiger partial charge >= 0.3 is 0 Å². The molecule has 0 amide bonds. The van der Waals surface area contributed by atoms with Gasteiger partial charge in [-0.15, -0.1) is 0 Å². The molecule has 0 fully saturated rings. The fourth-order valence-corrected chi connectivity index (χ4v) is 2.16. The highest BCUT2D eigenvalue weighted by Crippen LogP contribution is 2.20. The second kappa shape index (κ2) is 6.70. The molecule has 5 heteroatoms. The van der Waals surface area contributed by atoms with Gasteiger partial charge < -0.3 is 10.3 Å². The molecule has 0 aliphatic heterocycles. The first-order valence-corrected chi connectivity index (χ1v) is 6.46. The minimum absolute atomic E-state index is 0.0983. The highest BCUT2D eigenvalue weighted by Gasteiger charge is 2.13. The van der Waals surface area contributed by atoms with Gasteiger partial charge in [-0.25, -0.2) is 4.98 Å². The van der Waals surface area contributed by atoms with E-state index in [1.165, 1.54) is 12.3 Å². The molecule has 0 saturated carbocycles. The van der Waals surface area contributed by atoms with Gasteiger partial charge in [0, 0.05) is 23.6 Å². The number of hydrogen-bond acceptors (Lipinski definition) is 4. The smallest absolute Gasteiger partial charge is 0.251 e. The average molecular weight is 241 g/mol. The molecule has 2 unspecified atom stereocenters. The molecule has 0 saturated heterocycles. The molecule has 4 nitrogen and oxygen atoms in total. The van der Waals surface area contributed by atoms with E-state index in [0.717, 1.165) is 13.0 Å². The number of hydrogen-bond donors (Lipinski definition) is 2. The molecular weight excluding hydrogens is 222 g/mol. The van der Waals surface area contributed by atoms with Crippen LogP contribution in [-0.4, -0.2) is 27.8 Å². The highest BCUT2D eigenvalue weighted by atomic mass is 32.2. The number of rotatable bonds is 6. The van der Waals surface area contributed by atoms with E-state index in [1.807, 2.05) is 0 Å². The quantitative estimate of drug-likeness (QED) is 0.587. The van der Waals surface area contributed by atoms with Gasteiger partial charge in [0.25, 0.3) is 5.56 Å². The summed E-state index contributed by atoms with van der Waals surface area (Å²) in [5.41, 5.74) is -0.0983. The van der Waals surface area contributed by atoms with Crippen LogP contribution in [0.25, 0.3) is 0 Å². The summed E-state index contributed by atoms with van der Waals surface area (Å²) in [5, 5.41) is 4.48. The number of thioether (sulfide) groups is 1. The lowest BCUT2D eigenvalue weighted by atomic mass is 10.2. The van der Waals surface area contributed by atoms with Crippen molar-refractivity contribution in [1.29, 1.82) is 0 Å². The van der Waals surface area contributed by atoms with Crippen molar-refractivity contribution < 1.29 is 0 Å². The Hall–Kier alpha value is -0.810. The van der Waals surface area contributed by atoms with Crippen LogP contribution in [0, 0.1) is 0 Å². The molecule has 16 heavy (non-hydrogen) atoms. The number of nitrogens with one attached hydrogen (secondary N) is 2. The Kier molecular flexibility index (Phi) is 5.55. The van der Waals surface area contributed by atoms with E-state index in [1.54, 1.807) is 11.8 Å². The van der Waals surface area contributed by atoms with Crippen LogP contribution in [0.3, 0.4) is 0 Å². The average Bonchev–Trinajstić information content (AvgIpc) is 2.25. The molecule has 0 spiro atoms. The topological polar surface area (TPSA) is 57.8 Å². The molecule has 1 heterocycles. The maximum Gasteiger partial charge on any atom is 0.251 e. The van der Waals surface area contributed by atoms with Crippen molar-refractivity contribution in [2.75, 3.05) is 6.54 Å². The van der Waals surface area contributed by atoms with Gasteiger partial charge in [0.2, 0.25) is 0 Å². The highest BCUT2D eigenvalue weighted by molar-refractivity contribution is 7.99. The summed E-state index contributed by atoms with van der Waals surface area (Å²) in [7, 11) is 0. The molecular formula is C11H19N3OS. The number of H-pyrrole nitrogens is 1. The maximum atomic E-state index is 11.1. The Balaban J connectivity index is 2.50. The lowest BCUT2D eigenvalue weighted by Gasteiger charge is -2.19. The second-order valence-electron chi connectivity index (χ2n) is 3.81. The Morgan fingerprint density at radius 3 is 2.94 bits per heavy atom. The van der Waals surface area contributed by atoms with E-state index in [9.17, 15) is 4.79 Å². The van der Waals surface area contributed by atoms with Crippen LogP contribution in [0.4, 0.5) is 0 Å². The van der Waals surface area contributed by atoms with Crippen molar-refractivity contribution in [1.82, 2.24) is 15.3 Å². The third-order valence-corrected chi connectivity index (χ3v) is 3.58. The Bertz CT molecular complexity index is 366. The summed E-state index contributed by atoms with van der Waals surface area (Å²) in [5.74, 6) is 0. The molecule has 1 rings (SSSR count). The summed E-state index contributed by atoms with van der Waals surface area (Å²) in [6, 6.07) is 1.82.